The Morgan fingerprint density at radius 1 is 1.57 bits per heavy atom. The fourth-order valence-electron chi connectivity index (χ4n) is 1.38. The van der Waals surface area contributed by atoms with Crippen molar-refractivity contribution in [1.29, 1.82) is 0 Å². The maximum absolute atomic E-state index is 11.2. The minimum atomic E-state index is -0.192. The number of esters is 1. The van der Waals surface area contributed by atoms with E-state index in [1.165, 1.54) is 0 Å². The number of ether oxygens (including phenoxy) is 1. The van der Waals surface area contributed by atoms with Gasteiger partial charge in [-0.25, -0.2) is 0 Å². The van der Waals surface area contributed by atoms with E-state index in [2.05, 4.69) is 5.10 Å². The summed E-state index contributed by atoms with van der Waals surface area (Å²) >= 11 is 0. The Morgan fingerprint density at radius 3 is 2.86 bits per heavy atom. The first-order chi connectivity index (χ1) is 6.67. The van der Waals surface area contributed by atoms with Gasteiger partial charge >= 0.3 is 5.97 Å². The van der Waals surface area contributed by atoms with Crippen LogP contribution in [0.3, 0.4) is 0 Å². The highest BCUT2D eigenvalue weighted by molar-refractivity contribution is 5.72. The second kappa shape index (κ2) is 4.79. The highest BCUT2D eigenvalue weighted by atomic mass is 16.5. The molecule has 1 aromatic heterocycles. The Balaban J connectivity index is 2.70. The minimum Gasteiger partial charge on any atom is -0.466 e. The van der Waals surface area contributed by atoms with Gasteiger partial charge in [-0.1, -0.05) is 0 Å². The number of hydrogen-bond donors (Lipinski definition) is 0. The molecule has 0 aliphatic rings. The van der Waals surface area contributed by atoms with Gasteiger partial charge in [-0.2, -0.15) is 5.10 Å². The van der Waals surface area contributed by atoms with E-state index in [0.717, 1.165) is 17.9 Å². The van der Waals surface area contributed by atoms with Crippen LogP contribution >= 0.6 is 0 Å². The first-order valence-electron chi connectivity index (χ1n) is 4.86. The van der Waals surface area contributed by atoms with Crippen LogP contribution in [-0.2, 0) is 22.5 Å². The molecule has 0 N–H and O–H groups in total. The van der Waals surface area contributed by atoms with Crippen LogP contribution in [0, 0.1) is 6.92 Å². The molecule has 78 valence electrons. The molecule has 1 aromatic rings. The zero-order chi connectivity index (χ0) is 10.6. The van der Waals surface area contributed by atoms with E-state index in [4.69, 9.17) is 4.74 Å². The van der Waals surface area contributed by atoms with Crippen LogP contribution in [0.4, 0.5) is 0 Å². The van der Waals surface area contributed by atoms with Crippen molar-refractivity contribution in [2.24, 2.45) is 0 Å². The van der Waals surface area contributed by atoms with Crippen LogP contribution in [0.2, 0.25) is 0 Å². The summed E-state index contributed by atoms with van der Waals surface area (Å²) in [5.74, 6) is -0.192. The van der Waals surface area contributed by atoms with Gasteiger partial charge < -0.3 is 4.74 Å². The number of carbonyl (C=O) groups is 1. The van der Waals surface area contributed by atoms with Gasteiger partial charge in [0.15, 0.2) is 0 Å². The Morgan fingerprint density at radius 2 is 2.29 bits per heavy atom. The predicted octanol–water partition coefficient (Wildman–Crippen LogP) is 1.32. The monoisotopic (exact) mass is 196 g/mol. The van der Waals surface area contributed by atoms with E-state index in [-0.39, 0.29) is 5.97 Å². The van der Waals surface area contributed by atoms with Crippen molar-refractivity contribution >= 4 is 5.97 Å². The lowest BCUT2D eigenvalue weighted by Gasteiger charge is -2.03. The maximum atomic E-state index is 11.2. The molecular weight excluding hydrogens is 180 g/mol. The van der Waals surface area contributed by atoms with Crippen molar-refractivity contribution in [2.45, 2.75) is 33.7 Å². The molecule has 1 heterocycles. The molecule has 0 aromatic carbocycles. The molecule has 0 saturated carbocycles. The van der Waals surface area contributed by atoms with Crippen molar-refractivity contribution in [3.8, 4) is 0 Å². The third-order valence-corrected chi connectivity index (χ3v) is 1.92. The summed E-state index contributed by atoms with van der Waals surface area (Å²) in [6, 6.07) is 1.92. The molecule has 0 fully saturated rings. The number of carbonyl (C=O) groups excluding carboxylic acids is 1. The average molecular weight is 196 g/mol. The van der Waals surface area contributed by atoms with E-state index in [1.807, 2.05) is 24.6 Å². The maximum Gasteiger partial charge on any atom is 0.311 e. The van der Waals surface area contributed by atoms with Gasteiger partial charge in [-0.15, -0.1) is 0 Å². The molecule has 0 atom stereocenters. The van der Waals surface area contributed by atoms with Crippen LogP contribution in [-0.4, -0.2) is 22.4 Å². The van der Waals surface area contributed by atoms with Crippen LogP contribution in [0.25, 0.3) is 0 Å². The first-order valence-corrected chi connectivity index (χ1v) is 4.86. The molecule has 0 aliphatic heterocycles. The summed E-state index contributed by atoms with van der Waals surface area (Å²) in [5.41, 5.74) is 1.86. The van der Waals surface area contributed by atoms with E-state index in [0.29, 0.717) is 13.0 Å². The fourth-order valence-corrected chi connectivity index (χ4v) is 1.38. The third-order valence-electron chi connectivity index (χ3n) is 1.92. The van der Waals surface area contributed by atoms with Gasteiger partial charge in [0.2, 0.25) is 0 Å². The van der Waals surface area contributed by atoms with Crippen LogP contribution in [0.15, 0.2) is 6.07 Å². The molecule has 0 aliphatic carbocycles. The van der Waals surface area contributed by atoms with Gasteiger partial charge in [0.05, 0.1) is 18.7 Å². The lowest BCUT2D eigenvalue weighted by Crippen LogP contribution is -2.12. The molecular formula is C10H16N2O2. The number of rotatable bonds is 4. The highest BCUT2D eigenvalue weighted by Gasteiger charge is 2.09. The largest absolute Gasteiger partial charge is 0.466 e. The van der Waals surface area contributed by atoms with E-state index >= 15 is 0 Å². The average Bonchev–Trinajstić information content (AvgIpc) is 2.46. The summed E-state index contributed by atoms with van der Waals surface area (Å²) < 4.78 is 6.70. The Bertz CT molecular complexity index is 318. The van der Waals surface area contributed by atoms with E-state index in [9.17, 15) is 4.79 Å². The molecule has 0 unspecified atom stereocenters. The zero-order valence-electron chi connectivity index (χ0n) is 8.91. The number of hydrogen-bond acceptors (Lipinski definition) is 3. The quantitative estimate of drug-likeness (QED) is 0.682. The van der Waals surface area contributed by atoms with Crippen molar-refractivity contribution in [3.05, 3.63) is 17.5 Å². The van der Waals surface area contributed by atoms with Crippen molar-refractivity contribution < 1.29 is 9.53 Å². The van der Waals surface area contributed by atoms with Crippen LogP contribution in [0.1, 0.15) is 25.2 Å². The summed E-state index contributed by atoms with van der Waals surface area (Å²) in [6.07, 6.45) is 0.308. The molecule has 0 spiro atoms. The lowest BCUT2D eigenvalue weighted by molar-refractivity contribution is -0.142. The molecule has 0 radical (unpaired) electrons. The highest BCUT2D eigenvalue weighted by Crippen LogP contribution is 2.05. The van der Waals surface area contributed by atoms with E-state index in [1.54, 1.807) is 6.92 Å². The Labute approximate surface area is 83.9 Å². The summed E-state index contributed by atoms with van der Waals surface area (Å²) in [6.45, 7) is 6.93. The topological polar surface area (TPSA) is 44.1 Å². The number of aryl methyl sites for hydroxylation is 2. The second-order valence-corrected chi connectivity index (χ2v) is 3.07. The van der Waals surface area contributed by atoms with Gasteiger partial charge in [0.25, 0.3) is 0 Å². The smallest absolute Gasteiger partial charge is 0.311 e. The third kappa shape index (κ3) is 2.58. The van der Waals surface area contributed by atoms with E-state index < -0.39 is 0 Å². The van der Waals surface area contributed by atoms with Gasteiger partial charge in [0, 0.05) is 12.2 Å². The summed E-state index contributed by atoms with van der Waals surface area (Å²) in [4.78, 5) is 11.2. The Kier molecular flexibility index (Phi) is 3.68. The second-order valence-electron chi connectivity index (χ2n) is 3.07. The number of aromatic nitrogens is 2. The molecule has 0 saturated heterocycles. The van der Waals surface area contributed by atoms with Gasteiger partial charge in [-0.3, -0.25) is 9.48 Å². The molecule has 4 nitrogen and oxygen atoms in total. The van der Waals surface area contributed by atoms with Crippen molar-refractivity contribution in [2.75, 3.05) is 6.61 Å². The zero-order valence-corrected chi connectivity index (χ0v) is 8.91. The normalized spacial score (nSPS) is 10.2. The number of nitrogens with zero attached hydrogens (tertiary/aromatic N) is 2. The Hall–Kier alpha value is -1.32. The molecule has 1 rings (SSSR count). The summed E-state index contributed by atoms with van der Waals surface area (Å²) in [7, 11) is 0. The van der Waals surface area contributed by atoms with Gasteiger partial charge in [-0.05, 0) is 26.8 Å². The fraction of sp³-hybridized carbons (Fsp3) is 0.600. The molecule has 14 heavy (non-hydrogen) atoms. The van der Waals surface area contributed by atoms with Crippen molar-refractivity contribution in [3.63, 3.8) is 0 Å². The van der Waals surface area contributed by atoms with Crippen molar-refractivity contribution in [1.82, 2.24) is 9.78 Å². The SMILES string of the molecule is CCOC(=O)Cc1cc(C)nn1CC. The molecule has 0 amide bonds. The van der Waals surface area contributed by atoms with Crippen LogP contribution < -0.4 is 0 Å². The van der Waals surface area contributed by atoms with Gasteiger partial charge in [0.1, 0.15) is 0 Å². The van der Waals surface area contributed by atoms with Crippen LogP contribution in [0.5, 0.6) is 0 Å². The molecule has 0 bridgehead atoms. The standard InChI is InChI=1S/C10H16N2O2/c1-4-12-9(6-8(3)11-12)7-10(13)14-5-2/h6H,4-5,7H2,1-3H3. The first kappa shape index (κ1) is 10.8. The molecule has 4 heteroatoms. The summed E-state index contributed by atoms with van der Waals surface area (Å²) in [5, 5.41) is 4.25. The minimum absolute atomic E-state index is 0.192. The lowest BCUT2D eigenvalue weighted by atomic mass is 10.3. The predicted molar refractivity (Wildman–Crippen MR) is 53.0 cm³/mol.